The van der Waals surface area contributed by atoms with Crippen molar-refractivity contribution in [2.45, 2.75) is 25.2 Å². The van der Waals surface area contributed by atoms with E-state index in [-0.39, 0.29) is 17.8 Å². The summed E-state index contributed by atoms with van der Waals surface area (Å²) in [7, 11) is 1.96. The maximum Gasteiger partial charge on any atom is 0.318 e. The van der Waals surface area contributed by atoms with Crippen LogP contribution in [0.25, 0.3) is 0 Å². The highest BCUT2D eigenvalue weighted by Crippen LogP contribution is 2.46. The number of nitrogens with zero attached hydrogens (tertiary/aromatic N) is 1. The normalized spacial score (nSPS) is 15.6. The molecule has 0 saturated carbocycles. The molecule has 4 rings (SSSR count). The fourth-order valence-corrected chi connectivity index (χ4v) is 4.43. The molecule has 0 radical (unpaired) electrons. The monoisotopic (exact) mass is 425 g/mol. The number of ketones is 1. The molecule has 4 heteroatoms. The van der Waals surface area contributed by atoms with E-state index in [1.165, 1.54) is 5.56 Å². The fourth-order valence-electron chi connectivity index (χ4n) is 4.43. The second-order valence-electron chi connectivity index (χ2n) is 8.56. The summed E-state index contributed by atoms with van der Waals surface area (Å²) in [5.41, 5.74) is 4.51. The molecule has 162 valence electrons. The highest BCUT2D eigenvalue weighted by molar-refractivity contribution is 5.95. The van der Waals surface area contributed by atoms with Gasteiger partial charge in [-0.3, -0.25) is 9.59 Å². The van der Waals surface area contributed by atoms with Crippen molar-refractivity contribution in [2.75, 3.05) is 18.6 Å². The number of benzene rings is 3. The van der Waals surface area contributed by atoms with Gasteiger partial charge in [0.1, 0.15) is 5.92 Å². The summed E-state index contributed by atoms with van der Waals surface area (Å²) in [6, 6.07) is 27.1. The molecule has 0 atom stereocenters. The minimum absolute atomic E-state index is 0.235. The molecule has 0 unspecified atom stereocenters. The Hall–Kier alpha value is -3.66. The van der Waals surface area contributed by atoms with E-state index in [2.05, 4.69) is 19.9 Å². The number of hydrogen-bond acceptors (Lipinski definition) is 4. The van der Waals surface area contributed by atoms with Crippen molar-refractivity contribution >= 4 is 17.4 Å². The third-order valence-corrected chi connectivity index (χ3v) is 6.10. The number of carbonyl (C=O) groups is 2. The van der Waals surface area contributed by atoms with Gasteiger partial charge in [0.25, 0.3) is 0 Å². The molecule has 1 aliphatic heterocycles. The molecule has 4 nitrogen and oxygen atoms in total. The molecule has 0 aliphatic carbocycles. The first-order valence-corrected chi connectivity index (χ1v) is 10.7. The minimum atomic E-state index is -0.576. The lowest BCUT2D eigenvalue weighted by atomic mass is 9.83. The number of carbonyl (C=O) groups excluding carboxylic acids is 2. The Morgan fingerprint density at radius 2 is 1.41 bits per heavy atom. The van der Waals surface area contributed by atoms with Gasteiger partial charge in [0, 0.05) is 29.9 Å². The highest BCUT2D eigenvalue weighted by atomic mass is 16.5. The third-order valence-electron chi connectivity index (χ3n) is 6.10. The van der Waals surface area contributed by atoms with Crippen LogP contribution in [0.1, 0.15) is 36.5 Å². The summed E-state index contributed by atoms with van der Waals surface area (Å²) in [4.78, 5) is 27.9. The van der Waals surface area contributed by atoms with Gasteiger partial charge in [-0.1, -0.05) is 92.7 Å². The Balaban J connectivity index is 1.51. The summed E-state index contributed by atoms with van der Waals surface area (Å²) in [6.07, 6.45) is 1.60. The van der Waals surface area contributed by atoms with E-state index in [4.69, 9.17) is 4.74 Å². The molecule has 0 fully saturated rings. The van der Waals surface area contributed by atoms with Gasteiger partial charge in [-0.25, -0.2) is 0 Å². The van der Waals surface area contributed by atoms with Gasteiger partial charge in [-0.05, 0) is 22.8 Å². The zero-order valence-electron chi connectivity index (χ0n) is 18.6. The molecule has 32 heavy (non-hydrogen) atoms. The highest BCUT2D eigenvalue weighted by Gasteiger charge is 2.38. The molecule has 0 N–H and O–H groups in total. The van der Waals surface area contributed by atoms with E-state index in [1.54, 1.807) is 6.08 Å². The lowest BCUT2D eigenvalue weighted by Crippen LogP contribution is -2.25. The van der Waals surface area contributed by atoms with Crippen LogP contribution in [0, 0.1) is 0 Å². The number of ether oxygens (including phenoxy) is 1. The predicted molar refractivity (Wildman–Crippen MR) is 127 cm³/mol. The van der Waals surface area contributed by atoms with E-state index in [1.807, 2.05) is 90.8 Å². The van der Waals surface area contributed by atoms with E-state index < -0.39 is 11.9 Å². The molecular formula is C28H27NO3. The number of para-hydroxylation sites is 1. The summed E-state index contributed by atoms with van der Waals surface area (Å²) in [5, 5.41) is 0. The molecule has 0 amide bonds. The first-order valence-electron chi connectivity index (χ1n) is 10.7. The Bertz CT molecular complexity index is 1110. The average molecular weight is 426 g/mol. The number of fused-ring (bicyclic) bond motifs is 1. The van der Waals surface area contributed by atoms with Crippen LogP contribution in [0.15, 0.2) is 96.7 Å². The Morgan fingerprint density at radius 1 is 0.875 bits per heavy atom. The van der Waals surface area contributed by atoms with Crippen molar-refractivity contribution in [3.8, 4) is 0 Å². The van der Waals surface area contributed by atoms with Crippen molar-refractivity contribution in [1.82, 2.24) is 0 Å². The molecule has 1 heterocycles. The van der Waals surface area contributed by atoms with Crippen molar-refractivity contribution in [2.24, 2.45) is 0 Å². The van der Waals surface area contributed by atoms with Gasteiger partial charge in [0.15, 0.2) is 12.4 Å². The molecule has 3 aromatic rings. The maximum absolute atomic E-state index is 13.1. The van der Waals surface area contributed by atoms with Crippen LogP contribution in [0.3, 0.4) is 0 Å². The predicted octanol–water partition coefficient (Wildman–Crippen LogP) is 5.24. The SMILES string of the molecule is CN1/C(=C\C(=O)COC(=O)C(c2ccccc2)c2ccccc2)C(C)(C)c2ccccc21. The van der Waals surface area contributed by atoms with Crippen LogP contribution in [0.2, 0.25) is 0 Å². The summed E-state index contributed by atoms with van der Waals surface area (Å²) < 4.78 is 5.51. The molecule has 0 bridgehead atoms. The Morgan fingerprint density at radius 3 is 1.97 bits per heavy atom. The molecule has 1 aliphatic rings. The lowest BCUT2D eigenvalue weighted by molar-refractivity contribution is -0.147. The Labute approximate surface area is 189 Å². The van der Waals surface area contributed by atoms with Gasteiger partial charge < -0.3 is 9.64 Å². The number of anilines is 1. The van der Waals surface area contributed by atoms with Gasteiger partial charge in [0.05, 0.1) is 0 Å². The van der Waals surface area contributed by atoms with E-state index >= 15 is 0 Å². The summed E-state index contributed by atoms with van der Waals surface area (Å²) >= 11 is 0. The quantitative estimate of drug-likeness (QED) is 0.400. The topological polar surface area (TPSA) is 46.6 Å². The smallest absolute Gasteiger partial charge is 0.318 e. The number of likely N-dealkylation sites (N-methyl/N-ethyl adjacent to an activating group) is 1. The van der Waals surface area contributed by atoms with Crippen molar-refractivity contribution in [3.05, 3.63) is 113 Å². The van der Waals surface area contributed by atoms with Crippen LogP contribution in [0.5, 0.6) is 0 Å². The number of allylic oxidation sites excluding steroid dienone is 1. The first kappa shape index (κ1) is 21.6. The average Bonchev–Trinajstić information content (AvgIpc) is 3.00. The van der Waals surface area contributed by atoms with Crippen LogP contribution in [-0.4, -0.2) is 25.4 Å². The first-order chi connectivity index (χ1) is 15.4. The third kappa shape index (κ3) is 4.09. The van der Waals surface area contributed by atoms with Gasteiger partial charge in [-0.2, -0.15) is 0 Å². The largest absolute Gasteiger partial charge is 0.457 e. The van der Waals surface area contributed by atoms with Crippen molar-refractivity contribution < 1.29 is 14.3 Å². The maximum atomic E-state index is 13.1. The van der Waals surface area contributed by atoms with Gasteiger partial charge >= 0.3 is 5.97 Å². The molecular weight excluding hydrogens is 398 g/mol. The molecule has 0 spiro atoms. The molecule has 3 aromatic carbocycles. The minimum Gasteiger partial charge on any atom is -0.457 e. The van der Waals surface area contributed by atoms with Crippen molar-refractivity contribution in [1.29, 1.82) is 0 Å². The van der Waals surface area contributed by atoms with Crippen molar-refractivity contribution in [3.63, 3.8) is 0 Å². The van der Waals surface area contributed by atoms with E-state index in [0.29, 0.717) is 0 Å². The second-order valence-corrected chi connectivity index (χ2v) is 8.56. The number of rotatable bonds is 6. The molecule has 0 aromatic heterocycles. The van der Waals surface area contributed by atoms with Crippen LogP contribution < -0.4 is 4.90 Å². The second kappa shape index (κ2) is 8.83. The zero-order valence-corrected chi connectivity index (χ0v) is 18.6. The van der Waals surface area contributed by atoms with Crippen LogP contribution >= 0.6 is 0 Å². The Kier molecular flexibility index (Phi) is 5.95. The zero-order chi connectivity index (χ0) is 22.7. The van der Waals surface area contributed by atoms with Crippen LogP contribution in [-0.2, 0) is 19.7 Å². The van der Waals surface area contributed by atoms with Gasteiger partial charge in [0.2, 0.25) is 0 Å². The summed E-state index contributed by atoms with van der Waals surface area (Å²) in [6.45, 7) is 3.90. The van der Waals surface area contributed by atoms with Crippen LogP contribution in [0.4, 0.5) is 5.69 Å². The van der Waals surface area contributed by atoms with E-state index in [0.717, 1.165) is 22.5 Å². The standard InChI is InChI=1S/C28H27NO3/c1-28(2)23-16-10-11-17-24(23)29(3)25(28)18-22(30)19-32-27(31)26(20-12-6-4-7-13-20)21-14-8-5-9-15-21/h4-18,26H,19H2,1-3H3/b25-18-. The molecule has 0 saturated heterocycles. The number of esters is 1. The fraction of sp³-hybridized carbons (Fsp3) is 0.214. The number of hydrogen-bond donors (Lipinski definition) is 0. The van der Waals surface area contributed by atoms with E-state index in [9.17, 15) is 9.59 Å². The van der Waals surface area contributed by atoms with Gasteiger partial charge in [-0.15, -0.1) is 0 Å². The lowest BCUT2D eigenvalue weighted by Gasteiger charge is -2.24. The summed E-state index contributed by atoms with van der Waals surface area (Å²) in [5.74, 6) is -1.25.